The van der Waals surface area contributed by atoms with Gasteiger partial charge in [-0.15, -0.1) is 12.4 Å². The zero-order valence-electron chi connectivity index (χ0n) is 9.33. The predicted molar refractivity (Wildman–Crippen MR) is 70.1 cm³/mol. The van der Waals surface area contributed by atoms with E-state index in [4.69, 9.17) is 16.3 Å². The molecule has 16 heavy (non-hydrogen) atoms. The van der Waals surface area contributed by atoms with Gasteiger partial charge in [0.05, 0.1) is 7.11 Å². The minimum absolute atomic E-state index is 0. The normalized spacial score (nSPS) is 20.0. The largest absolute Gasteiger partial charge is 0.497 e. The van der Waals surface area contributed by atoms with E-state index in [2.05, 4.69) is 11.4 Å². The van der Waals surface area contributed by atoms with Gasteiger partial charge in [-0.05, 0) is 49.1 Å². The molecule has 1 heterocycles. The molecular formula is C12H17Cl2NO. The fourth-order valence-electron chi connectivity index (χ4n) is 2.07. The predicted octanol–water partition coefficient (Wildman–Crippen LogP) is 3.24. The molecule has 1 aromatic carbocycles. The fourth-order valence-corrected chi connectivity index (χ4v) is 2.31. The Morgan fingerprint density at radius 3 is 2.81 bits per heavy atom. The molecule has 4 heteroatoms. The van der Waals surface area contributed by atoms with Crippen LogP contribution in [-0.4, -0.2) is 20.2 Å². The molecule has 0 aliphatic carbocycles. The van der Waals surface area contributed by atoms with Gasteiger partial charge in [-0.25, -0.2) is 0 Å². The van der Waals surface area contributed by atoms with Crippen molar-refractivity contribution in [3.05, 3.63) is 28.8 Å². The first kappa shape index (κ1) is 13.6. The molecule has 1 aliphatic heterocycles. The van der Waals surface area contributed by atoms with Gasteiger partial charge in [0.25, 0.3) is 0 Å². The summed E-state index contributed by atoms with van der Waals surface area (Å²) in [7, 11) is 1.68. The summed E-state index contributed by atoms with van der Waals surface area (Å²) in [6.07, 6.45) is 2.47. The molecule has 0 unspecified atom stereocenters. The van der Waals surface area contributed by atoms with E-state index >= 15 is 0 Å². The number of halogens is 2. The van der Waals surface area contributed by atoms with Gasteiger partial charge < -0.3 is 10.1 Å². The van der Waals surface area contributed by atoms with Crippen molar-refractivity contribution in [3.63, 3.8) is 0 Å². The summed E-state index contributed by atoms with van der Waals surface area (Å²) in [4.78, 5) is 0. The van der Waals surface area contributed by atoms with E-state index in [1.807, 2.05) is 12.1 Å². The highest BCUT2D eigenvalue weighted by atomic mass is 35.5. The third kappa shape index (κ3) is 3.27. The summed E-state index contributed by atoms with van der Waals surface area (Å²) >= 11 is 6.05. The molecule has 0 bridgehead atoms. The molecular weight excluding hydrogens is 245 g/mol. The van der Waals surface area contributed by atoms with Gasteiger partial charge in [-0.2, -0.15) is 0 Å². The van der Waals surface area contributed by atoms with Crippen LogP contribution in [0, 0.1) is 0 Å². The van der Waals surface area contributed by atoms with Crippen LogP contribution in [0.15, 0.2) is 18.2 Å². The second kappa shape index (κ2) is 6.33. The SMILES string of the molecule is COc1cc(Cl)cc([C@H]2CCCNC2)c1.Cl. The lowest BCUT2D eigenvalue weighted by Crippen LogP contribution is -2.28. The van der Waals surface area contributed by atoms with E-state index in [9.17, 15) is 0 Å². The van der Waals surface area contributed by atoms with Gasteiger partial charge in [0.2, 0.25) is 0 Å². The summed E-state index contributed by atoms with van der Waals surface area (Å²) in [5.74, 6) is 1.43. The number of piperidine rings is 1. The van der Waals surface area contributed by atoms with Crippen molar-refractivity contribution in [1.29, 1.82) is 0 Å². The Morgan fingerprint density at radius 1 is 1.38 bits per heavy atom. The number of hydrogen-bond acceptors (Lipinski definition) is 2. The second-order valence-electron chi connectivity index (χ2n) is 3.97. The summed E-state index contributed by atoms with van der Waals surface area (Å²) in [6, 6.07) is 5.98. The van der Waals surface area contributed by atoms with Crippen LogP contribution in [0.5, 0.6) is 5.75 Å². The van der Waals surface area contributed by atoms with Gasteiger partial charge >= 0.3 is 0 Å². The smallest absolute Gasteiger partial charge is 0.120 e. The van der Waals surface area contributed by atoms with Crippen molar-refractivity contribution in [2.75, 3.05) is 20.2 Å². The second-order valence-corrected chi connectivity index (χ2v) is 4.40. The van der Waals surface area contributed by atoms with Crippen LogP contribution in [0.3, 0.4) is 0 Å². The van der Waals surface area contributed by atoms with Crippen molar-refractivity contribution in [1.82, 2.24) is 5.32 Å². The lowest BCUT2D eigenvalue weighted by molar-refractivity contribution is 0.411. The van der Waals surface area contributed by atoms with Crippen LogP contribution in [0.25, 0.3) is 0 Å². The Labute approximate surface area is 108 Å². The maximum atomic E-state index is 6.05. The lowest BCUT2D eigenvalue weighted by atomic mass is 9.91. The maximum absolute atomic E-state index is 6.05. The lowest BCUT2D eigenvalue weighted by Gasteiger charge is -2.23. The molecule has 1 aromatic rings. The monoisotopic (exact) mass is 261 g/mol. The number of ether oxygens (including phenoxy) is 1. The third-order valence-corrected chi connectivity index (χ3v) is 3.12. The first-order chi connectivity index (χ1) is 7.29. The van der Waals surface area contributed by atoms with Gasteiger partial charge in [0, 0.05) is 11.6 Å². The molecule has 0 saturated carbocycles. The summed E-state index contributed by atoms with van der Waals surface area (Å²) in [6.45, 7) is 2.18. The van der Waals surface area contributed by atoms with E-state index in [1.54, 1.807) is 7.11 Å². The Hall–Kier alpha value is -0.440. The highest BCUT2D eigenvalue weighted by Gasteiger charge is 2.16. The summed E-state index contributed by atoms with van der Waals surface area (Å²) < 4.78 is 5.22. The minimum atomic E-state index is 0. The fraction of sp³-hybridized carbons (Fsp3) is 0.500. The molecule has 1 atom stereocenters. The quantitative estimate of drug-likeness (QED) is 0.883. The van der Waals surface area contributed by atoms with Crippen molar-refractivity contribution in [2.45, 2.75) is 18.8 Å². The number of nitrogens with one attached hydrogen (secondary N) is 1. The number of rotatable bonds is 2. The number of hydrogen-bond donors (Lipinski definition) is 1. The average Bonchev–Trinajstić information content (AvgIpc) is 2.29. The molecule has 2 rings (SSSR count). The summed E-state index contributed by atoms with van der Waals surface area (Å²) in [5, 5.41) is 4.17. The molecule has 90 valence electrons. The minimum Gasteiger partial charge on any atom is -0.497 e. The topological polar surface area (TPSA) is 21.3 Å². The van der Waals surface area contributed by atoms with E-state index in [1.165, 1.54) is 18.4 Å². The molecule has 0 radical (unpaired) electrons. The Kier molecular flexibility index (Phi) is 5.39. The van der Waals surface area contributed by atoms with Crippen LogP contribution in [0.1, 0.15) is 24.3 Å². The van der Waals surface area contributed by atoms with Crippen molar-refractivity contribution in [3.8, 4) is 5.75 Å². The Morgan fingerprint density at radius 2 is 2.19 bits per heavy atom. The van der Waals surface area contributed by atoms with E-state index < -0.39 is 0 Å². The first-order valence-corrected chi connectivity index (χ1v) is 5.72. The molecule has 1 fully saturated rings. The van der Waals surface area contributed by atoms with E-state index in [0.29, 0.717) is 5.92 Å². The van der Waals surface area contributed by atoms with Gasteiger partial charge in [0.15, 0.2) is 0 Å². The highest BCUT2D eigenvalue weighted by Crippen LogP contribution is 2.29. The zero-order valence-corrected chi connectivity index (χ0v) is 10.9. The molecule has 0 aromatic heterocycles. The van der Waals surface area contributed by atoms with Crippen LogP contribution >= 0.6 is 24.0 Å². The van der Waals surface area contributed by atoms with Crippen molar-refractivity contribution in [2.24, 2.45) is 0 Å². The third-order valence-electron chi connectivity index (χ3n) is 2.90. The van der Waals surface area contributed by atoms with Crippen molar-refractivity contribution < 1.29 is 4.74 Å². The average molecular weight is 262 g/mol. The molecule has 1 N–H and O–H groups in total. The molecule has 1 aliphatic rings. The molecule has 1 saturated heterocycles. The standard InChI is InChI=1S/C12H16ClNO.ClH/c1-15-12-6-10(5-11(13)7-12)9-3-2-4-14-8-9;/h5-7,9,14H,2-4,8H2,1H3;1H/t9-;/m0./s1. The Bertz CT molecular complexity index is 338. The van der Waals surface area contributed by atoms with Crippen LogP contribution in [-0.2, 0) is 0 Å². The molecule has 0 spiro atoms. The van der Waals surface area contributed by atoms with E-state index in [0.717, 1.165) is 23.9 Å². The highest BCUT2D eigenvalue weighted by molar-refractivity contribution is 6.30. The number of benzene rings is 1. The van der Waals surface area contributed by atoms with Gasteiger partial charge in [-0.3, -0.25) is 0 Å². The first-order valence-electron chi connectivity index (χ1n) is 5.35. The van der Waals surface area contributed by atoms with Crippen molar-refractivity contribution >= 4 is 24.0 Å². The molecule has 2 nitrogen and oxygen atoms in total. The van der Waals surface area contributed by atoms with Crippen LogP contribution < -0.4 is 10.1 Å². The summed E-state index contributed by atoms with van der Waals surface area (Å²) in [5.41, 5.74) is 1.28. The van der Waals surface area contributed by atoms with Crippen LogP contribution in [0.2, 0.25) is 5.02 Å². The molecule has 0 amide bonds. The van der Waals surface area contributed by atoms with Gasteiger partial charge in [-0.1, -0.05) is 11.6 Å². The van der Waals surface area contributed by atoms with Crippen LogP contribution in [0.4, 0.5) is 0 Å². The van der Waals surface area contributed by atoms with E-state index in [-0.39, 0.29) is 12.4 Å². The van der Waals surface area contributed by atoms with Gasteiger partial charge in [0.1, 0.15) is 5.75 Å². The maximum Gasteiger partial charge on any atom is 0.120 e. The Balaban J connectivity index is 0.00000128. The zero-order chi connectivity index (χ0) is 10.7. The number of methoxy groups -OCH3 is 1.